The molecule has 1 N–H and O–H groups in total. The number of hydrogen-bond donors (Lipinski definition) is 1. The van der Waals surface area contributed by atoms with Gasteiger partial charge in [0.15, 0.2) is 0 Å². The molecule has 0 saturated carbocycles. The minimum atomic E-state index is -0.241. The first-order valence-corrected chi connectivity index (χ1v) is 12.4. The fraction of sp³-hybridized carbons (Fsp3) is 0.440. The molecule has 0 aliphatic carbocycles. The molecule has 1 aliphatic heterocycles. The number of carbonyl (C=O) groups is 2. The minimum absolute atomic E-state index is 0.0440. The van der Waals surface area contributed by atoms with Gasteiger partial charge < -0.3 is 10.2 Å². The van der Waals surface area contributed by atoms with E-state index in [9.17, 15) is 14.4 Å². The van der Waals surface area contributed by atoms with Crippen LogP contribution in [-0.4, -0.2) is 39.4 Å². The zero-order valence-electron chi connectivity index (χ0n) is 19.4. The summed E-state index contributed by atoms with van der Waals surface area (Å²) >= 11 is 1.27. The minimum Gasteiger partial charge on any atom is -0.329 e. The van der Waals surface area contributed by atoms with Crippen molar-refractivity contribution in [2.75, 3.05) is 18.4 Å². The van der Waals surface area contributed by atoms with Crippen LogP contribution in [-0.2, 0) is 17.8 Å². The fourth-order valence-corrected chi connectivity index (χ4v) is 5.51. The van der Waals surface area contributed by atoms with E-state index in [1.54, 1.807) is 9.47 Å². The molecule has 0 saturated heterocycles. The van der Waals surface area contributed by atoms with Gasteiger partial charge in [0.25, 0.3) is 11.5 Å². The lowest BCUT2D eigenvalue weighted by molar-refractivity contribution is -0.116. The third kappa shape index (κ3) is 4.71. The lowest BCUT2D eigenvalue weighted by Crippen LogP contribution is -2.38. The summed E-state index contributed by atoms with van der Waals surface area (Å²) in [6, 6.07) is 7.56. The Hall–Kier alpha value is -3.00. The number of nitrogens with zero attached hydrogens (tertiary/aromatic N) is 3. The molecule has 2 amide bonds. The van der Waals surface area contributed by atoms with Crippen LogP contribution in [0.5, 0.6) is 0 Å². The standard InChI is InChI=1S/C25H30N4O3S/c1-4-13-28(15-20(30)26-18-11-8-7-10-16(18)2)25(32)22-17(3)21-23(33-22)27-19-12-6-5-9-14-29(19)24(21)31/h7-8,10-11H,4-6,9,12-15H2,1-3H3,(H,26,30). The molecule has 1 aliphatic rings. The van der Waals surface area contributed by atoms with E-state index in [4.69, 9.17) is 4.98 Å². The van der Waals surface area contributed by atoms with E-state index in [1.165, 1.54) is 11.3 Å². The predicted octanol–water partition coefficient (Wildman–Crippen LogP) is 4.29. The quantitative estimate of drug-likeness (QED) is 0.587. The number of aryl methyl sites for hydroxylation is 3. The van der Waals surface area contributed by atoms with E-state index in [-0.39, 0.29) is 23.9 Å². The second kappa shape index (κ2) is 9.87. The van der Waals surface area contributed by atoms with Crippen LogP contribution in [0, 0.1) is 13.8 Å². The second-order valence-corrected chi connectivity index (χ2v) is 9.62. The van der Waals surface area contributed by atoms with Crippen molar-refractivity contribution in [2.24, 2.45) is 0 Å². The molecule has 3 heterocycles. The summed E-state index contributed by atoms with van der Waals surface area (Å²) in [6.45, 7) is 6.81. The monoisotopic (exact) mass is 466 g/mol. The Balaban J connectivity index is 1.63. The summed E-state index contributed by atoms with van der Waals surface area (Å²) in [6.07, 6.45) is 4.59. The van der Waals surface area contributed by atoms with Crippen LogP contribution in [0.2, 0.25) is 0 Å². The highest BCUT2D eigenvalue weighted by Crippen LogP contribution is 2.29. The van der Waals surface area contributed by atoms with Crippen molar-refractivity contribution < 1.29 is 9.59 Å². The average Bonchev–Trinajstić information content (AvgIpc) is 2.95. The van der Waals surface area contributed by atoms with E-state index < -0.39 is 0 Å². The molecule has 8 heteroatoms. The number of fused-ring (bicyclic) bond motifs is 2. The number of amides is 2. The van der Waals surface area contributed by atoms with Gasteiger partial charge in [0.05, 0.1) is 10.3 Å². The Labute approximate surface area is 197 Å². The number of para-hydroxylation sites is 1. The molecule has 0 unspecified atom stereocenters. The summed E-state index contributed by atoms with van der Waals surface area (Å²) in [7, 11) is 0. The van der Waals surface area contributed by atoms with Crippen LogP contribution in [0.15, 0.2) is 29.1 Å². The first-order valence-electron chi connectivity index (χ1n) is 11.6. The highest BCUT2D eigenvalue weighted by atomic mass is 32.1. The van der Waals surface area contributed by atoms with E-state index in [1.807, 2.05) is 45.0 Å². The predicted molar refractivity (Wildman–Crippen MR) is 132 cm³/mol. The largest absolute Gasteiger partial charge is 0.329 e. The second-order valence-electron chi connectivity index (χ2n) is 8.62. The van der Waals surface area contributed by atoms with Gasteiger partial charge in [-0.2, -0.15) is 0 Å². The molecule has 0 fully saturated rings. The van der Waals surface area contributed by atoms with Gasteiger partial charge >= 0.3 is 0 Å². The lowest BCUT2D eigenvalue weighted by Gasteiger charge is -2.21. The molecule has 3 aromatic rings. The molecule has 4 rings (SSSR count). The molecule has 33 heavy (non-hydrogen) atoms. The van der Waals surface area contributed by atoms with E-state index in [0.717, 1.165) is 49.2 Å². The number of carbonyl (C=O) groups excluding carboxylic acids is 2. The highest BCUT2D eigenvalue weighted by molar-refractivity contribution is 7.20. The van der Waals surface area contributed by atoms with Crippen LogP contribution in [0.4, 0.5) is 5.69 Å². The van der Waals surface area contributed by atoms with Crippen molar-refractivity contribution in [2.45, 2.75) is 59.4 Å². The van der Waals surface area contributed by atoms with Crippen LogP contribution in [0.1, 0.15) is 59.2 Å². The summed E-state index contributed by atoms with van der Waals surface area (Å²) in [5, 5.41) is 3.44. The van der Waals surface area contributed by atoms with Gasteiger partial charge in [0.2, 0.25) is 5.91 Å². The molecule has 7 nitrogen and oxygen atoms in total. The maximum Gasteiger partial charge on any atom is 0.264 e. The number of rotatable bonds is 6. The molecule has 174 valence electrons. The van der Waals surface area contributed by atoms with Crippen LogP contribution in [0.25, 0.3) is 10.2 Å². The summed E-state index contributed by atoms with van der Waals surface area (Å²) < 4.78 is 1.78. The zero-order valence-corrected chi connectivity index (χ0v) is 20.3. The zero-order chi connectivity index (χ0) is 23.5. The third-order valence-electron chi connectivity index (χ3n) is 6.14. The van der Waals surface area contributed by atoms with Crippen molar-refractivity contribution in [3.8, 4) is 0 Å². The maximum atomic E-state index is 13.5. The summed E-state index contributed by atoms with van der Waals surface area (Å²) in [5.74, 6) is 0.347. The molecule has 0 spiro atoms. The van der Waals surface area contributed by atoms with E-state index in [2.05, 4.69) is 5.32 Å². The number of benzene rings is 1. The van der Waals surface area contributed by atoms with Gasteiger partial charge in [-0.15, -0.1) is 11.3 Å². The molecular weight excluding hydrogens is 436 g/mol. The Kier molecular flexibility index (Phi) is 6.93. The Bertz CT molecular complexity index is 1260. The van der Waals surface area contributed by atoms with E-state index >= 15 is 0 Å². The first kappa shape index (κ1) is 23.2. The molecule has 0 radical (unpaired) electrons. The number of hydrogen-bond acceptors (Lipinski definition) is 5. The van der Waals surface area contributed by atoms with Crippen molar-refractivity contribution in [1.29, 1.82) is 0 Å². The fourth-order valence-electron chi connectivity index (χ4n) is 4.36. The summed E-state index contributed by atoms with van der Waals surface area (Å²) in [4.78, 5) is 46.9. The smallest absolute Gasteiger partial charge is 0.264 e. The average molecular weight is 467 g/mol. The van der Waals surface area contributed by atoms with Crippen LogP contribution >= 0.6 is 11.3 Å². The number of thiophene rings is 1. The van der Waals surface area contributed by atoms with Gasteiger partial charge in [0.1, 0.15) is 17.2 Å². The SMILES string of the molecule is CCCN(CC(=O)Nc1ccccc1C)C(=O)c1sc2nc3n(c(=O)c2c1C)CCCCC3. The van der Waals surface area contributed by atoms with Gasteiger partial charge in [-0.05, 0) is 50.3 Å². The lowest BCUT2D eigenvalue weighted by atomic mass is 10.2. The Morgan fingerprint density at radius 2 is 1.97 bits per heavy atom. The van der Waals surface area contributed by atoms with Gasteiger partial charge in [0, 0.05) is 25.2 Å². The van der Waals surface area contributed by atoms with Crippen molar-refractivity contribution >= 4 is 39.1 Å². The molecule has 0 atom stereocenters. The number of aromatic nitrogens is 2. The van der Waals surface area contributed by atoms with Crippen molar-refractivity contribution in [3.63, 3.8) is 0 Å². The van der Waals surface area contributed by atoms with E-state index in [0.29, 0.717) is 33.7 Å². The van der Waals surface area contributed by atoms with Crippen molar-refractivity contribution in [1.82, 2.24) is 14.5 Å². The van der Waals surface area contributed by atoms with Crippen LogP contribution < -0.4 is 10.9 Å². The Morgan fingerprint density at radius 3 is 2.73 bits per heavy atom. The van der Waals surface area contributed by atoms with Crippen LogP contribution in [0.3, 0.4) is 0 Å². The highest BCUT2D eigenvalue weighted by Gasteiger charge is 2.26. The number of nitrogens with one attached hydrogen (secondary N) is 1. The maximum absolute atomic E-state index is 13.5. The van der Waals surface area contributed by atoms with Gasteiger partial charge in [-0.3, -0.25) is 19.0 Å². The third-order valence-corrected chi connectivity index (χ3v) is 7.31. The summed E-state index contributed by atoms with van der Waals surface area (Å²) in [5.41, 5.74) is 2.32. The topological polar surface area (TPSA) is 84.3 Å². The molecule has 2 aromatic heterocycles. The molecular formula is C25H30N4O3S. The van der Waals surface area contributed by atoms with Gasteiger partial charge in [-0.25, -0.2) is 4.98 Å². The number of anilines is 1. The Morgan fingerprint density at radius 1 is 1.18 bits per heavy atom. The molecule has 0 bridgehead atoms. The normalized spacial score (nSPS) is 13.4. The van der Waals surface area contributed by atoms with Crippen molar-refractivity contribution in [3.05, 3.63) is 56.4 Å². The van der Waals surface area contributed by atoms with Gasteiger partial charge in [-0.1, -0.05) is 31.5 Å². The molecule has 1 aromatic carbocycles. The first-order chi connectivity index (χ1) is 15.9.